The van der Waals surface area contributed by atoms with Gasteiger partial charge in [-0.1, -0.05) is 67.1 Å². The second-order valence-electron chi connectivity index (χ2n) is 5.76. The average molecular weight is 284 g/mol. The summed E-state index contributed by atoms with van der Waals surface area (Å²) in [5.74, 6) is 0. The first-order chi connectivity index (χ1) is 10.0. The number of benzene rings is 2. The van der Waals surface area contributed by atoms with Crippen molar-refractivity contribution in [2.45, 2.75) is 38.9 Å². The van der Waals surface area contributed by atoms with Crippen LogP contribution >= 0.6 is 0 Å². The van der Waals surface area contributed by atoms with Gasteiger partial charge in [-0.15, -0.1) is 0 Å². The normalized spacial score (nSPS) is 15.4. The molecule has 0 bridgehead atoms. The van der Waals surface area contributed by atoms with E-state index in [1.54, 1.807) is 6.92 Å². The van der Waals surface area contributed by atoms with E-state index in [9.17, 15) is 5.11 Å². The van der Waals surface area contributed by atoms with Gasteiger partial charge in [0.25, 0.3) is 0 Å². The highest BCUT2D eigenvalue weighted by Crippen LogP contribution is 2.26. The van der Waals surface area contributed by atoms with E-state index in [-0.39, 0.29) is 12.7 Å². The van der Waals surface area contributed by atoms with Gasteiger partial charge in [-0.2, -0.15) is 0 Å². The van der Waals surface area contributed by atoms with Crippen LogP contribution in [0.25, 0.3) is 0 Å². The molecule has 2 nitrogen and oxygen atoms in total. The molecule has 0 radical (unpaired) electrons. The SMILES string of the molecule is CCC(OCC(C)(O)c1ccc(C)cc1)c1ccccc1. The summed E-state index contributed by atoms with van der Waals surface area (Å²) in [6.07, 6.45) is 0.900. The van der Waals surface area contributed by atoms with Crippen LogP contribution in [0.4, 0.5) is 0 Å². The van der Waals surface area contributed by atoms with E-state index in [1.165, 1.54) is 5.56 Å². The Hall–Kier alpha value is -1.64. The predicted molar refractivity (Wildman–Crippen MR) is 86.2 cm³/mol. The predicted octanol–water partition coefficient (Wildman–Crippen LogP) is 4.37. The summed E-state index contributed by atoms with van der Waals surface area (Å²) in [5.41, 5.74) is 2.25. The molecular weight excluding hydrogens is 260 g/mol. The van der Waals surface area contributed by atoms with Crippen LogP contribution in [0.1, 0.15) is 43.1 Å². The summed E-state index contributed by atoms with van der Waals surface area (Å²) in [5, 5.41) is 10.6. The van der Waals surface area contributed by atoms with Gasteiger partial charge in [0.2, 0.25) is 0 Å². The number of ether oxygens (including phenoxy) is 1. The molecule has 0 aromatic heterocycles. The number of hydrogen-bond donors (Lipinski definition) is 1. The van der Waals surface area contributed by atoms with Gasteiger partial charge in [0.05, 0.1) is 12.7 Å². The van der Waals surface area contributed by atoms with Crippen molar-refractivity contribution in [3.05, 3.63) is 71.3 Å². The molecule has 2 aromatic rings. The zero-order valence-corrected chi connectivity index (χ0v) is 13.0. The molecule has 21 heavy (non-hydrogen) atoms. The van der Waals surface area contributed by atoms with Gasteiger partial charge in [0.15, 0.2) is 0 Å². The first kappa shape index (κ1) is 15.7. The minimum absolute atomic E-state index is 0.0168. The molecule has 1 N–H and O–H groups in total. The minimum Gasteiger partial charge on any atom is -0.383 e. The molecule has 2 rings (SSSR count). The molecule has 112 valence electrons. The molecule has 2 atom stereocenters. The zero-order valence-electron chi connectivity index (χ0n) is 13.0. The Morgan fingerprint density at radius 2 is 1.67 bits per heavy atom. The Labute approximate surface area is 127 Å². The summed E-state index contributed by atoms with van der Waals surface area (Å²) in [4.78, 5) is 0. The maximum atomic E-state index is 10.6. The van der Waals surface area contributed by atoms with E-state index in [0.717, 1.165) is 17.5 Å². The van der Waals surface area contributed by atoms with E-state index in [2.05, 4.69) is 19.1 Å². The van der Waals surface area contributed by atoms with Crippen LogP contribution < -0.4 is 0 Å². The maximum absolute atomic E-state index is 10.6. The van der Waals surface area contributed by atoms with E-state index in [4.69, 9.17) is 4.74 Å². The molecule has 0 fully saturated rings. The Morgan fingerprint density at radius 3 is 2.24 bits per heavy atom. The molecule has 0 amide bonds. The van der Waals surface area contributed by atoms with E-state index in [0.29, 0.717) is 0 Å². The fraction of sp³-hybridized carbons (Fsp3) is 0.368. The van der Waals surface area contributed by atoms with Crippen molar-refractivity contribution in [1.82, 2.24) is 0 Å². The fourth-order valence-electron chi connectivity index (χ4n) is 2.38. The number of aryl methyl sites for hydroxylation is 1. The molecule has 0 aliphatic heterocycles. The van der Waals surface area contributed by atoms with Crippen LogP contribution in [-0.4, -0.2) is 11.7 Å². The third-order valence-electron chi connectivity index (χ3n) is 3.78. The van der Waals surface area contributed by atoms with Crippen LogP contribution in [0.5, 0.6) is 0 Å². The molecule has 2 heteroatoms. The van der Waals surface area contributed by atoms with Crippen LogP contribution in [0, 0.1) is 6.92 Å². The van der Waals surface area contributed by atoms with Gasteiger partial charge in [0.1, 0.15) is 5.60 Å². The van der Waals surface area contributed by atoms with Gasteiger partial charge < -0.3 is 9.84 Å². The van der Waals surface area contributed by atoms with Gasteiger partial charge in [0, 0.05) is 0 Å². The second-order valence-corrected chi connectivity index (χ2v) is 5.76. The van der Waals surface area contributed by atoms with E-state index in [1.807, 2.05) is 49.4 Å². The summed E-state index contributed by atoms with van der Waals surface area (Å²) in [6, 6.07) is 18.1. The van der Waals surface area contributed by atoms with Crippen molar-refractivity contribution in [2.75, 3.05) is 6.61 Å². The van der Waals surface area contributed by atoms with Crippen molar-refractivity contribution in [2.24, 2.45) is 0 Å². The van der Waals surface area contributed by atoms with Crippen LogP contribution in [-0.2, 0) is 10.3 Å². The van der Waals surface area contributed by atoms with Crippen molar-refractivity contribution in [3.63, 3.8) is 0 Å². The van der Waals surface area contributed by atoms with E-state index >= 15 is 0 Å². The lowest BCUT2D eigenvalue weighted by molar-refractivity contribution is -0.0690. The largest absolute Gasteiger partial charge is 0.383 e. The summed E-state index contributed by atoms with van der Waals surface area (Å²) >= 11 is 0. The summed E-state index contributed by atoms with van der Waals surface area (Å²) in [6.45, 7) is 6.22. The van der Waals surface area contributed by atoms with Crippen molar-refractivity contribution < 1.29 is 9.84 Å². The molecule has 0 heterocycles. The first-order valence-corrected chi connectivity index (χ1v) is 7.49. The zero-order chi connectivity index (χ0) is 15.3. The lowest BCUT2D eigenvalue weighted by atomic mass is 9.96. The lowest BCUT2D eigenvalue weighted by Crippen LogP contribution is -2.28. The lowest BCUT2D eigenvalue weighted by Gasteiger charge is -2.27. The first-order valence-electron chi connectivity index (χ1n) is 7.49. The Balaban J connectivity index is 2.04. The standard InChI is InChI=1S/C19H24O2/c1-4-18(16-8-6-5-7-9-16)21-14-19(3,20)17-12-10-15(2)11-13-17/h5-13,18,20H,4,14H2,1-3H3. The summed E-state index contributed by atoms with van der Waals surface area (Å²) in [7, 11) is 0. The molecule has 0 saturated heterocycles. The van der Waals surface area contributed by atoms with Crippen LogP contribution in [0.15, 0.2) is 54.6 Å². The number of rotatable bonds is 6. The number of aliphatic hydroxyl groups is 1. The Bertz CT molecular complexity index is 544. The molecular formula is C19H24O2. The Morgan fingerprint density at radius 1 is 1.05 bits per heavy atom. The summed E-state index contributed by atoms with van der Waals surface area (Å²) < 4.78 is 5.98. The highest BCUT2D eigenvalue weighted by Gasteiger charge is 2.25. The van der Waals surface area contributed by atoms with Gasteiger partial charge in [-0.3, -0.25) is 0 Å². The maximum Gasteiger partial charge on any atom is 0.110 e. The highest BCUT2D eigenvalue weighted by atomic mass is 16.5. The minimum atomic E-state index is -0.976. The van der Waals surface area contributed by atoms with Gasteiger partial charge in [-0.25, -0.2) is 0 Å². The number of hydrogen-bond acceptors (Lipinski definition) is 2. The van der Waals surface area contributed by atoms with Crippen molar-refractivity contribution >= 4 is 0 Å². The van der Waals surface area contributed by atoms with Crippen LogP contribution in [0.2, 0.25) is 0 Å². The molecule has 0 saturated carbocycles. The quantitative estimate of drug-likeness (QED) is 0.853. The molecule has 2 unspecified atom stereocenters. The molecule has 0 aliphatic carbocycles. The third-order valence-corrected chi connectivity index (χ3v) is 3.78. The molecule has 0 spiro atoms. The topological polar surface area (TPSA) is 29.5 Å². The Kier molecular flexibility index (Phi) is 5.16. The molecule has 2 aromatic carbocycles. The fourth-order valence-corrected chi connectivity index (χ4v) is 2.38. The van der Waals surface area contributed by atoms with Crippen molar-refractivity contribution in [3.8, 4) is 0 Å². The van der Waals surface area contributed by atoms with Gasteiger partial charge in [-0.05, 0) is 31.4 Å². The smallest absolute Gasteiger partial charge is 0.110 e. The van der Waals surface area contributed by atoms with Crippen molar-refractivity contribution in [1.29, 1.82) is 0 Å². The van der Waals surface area contributed by atoms with E-state index < -0.39 is 5.60 Å². The van der Waals surface area contributed by atoms with Gasteiger partial charge >= 0.3 is 0 Å². The average Bonchev–Trinajstić information content (AvgIpc) is 2.49. The highest BCUT2D eigenvalue weighted by molar-refractivity contribution is 5.26. The third kappa shape index (κ3) is 4.16. The molecule has 0 aliphatic rings. The monoisotopic (exact) mass is 284 g/mol. The van der Waals surface area contributed by atoms with Crippen LogP contribution in [0.3, 0.4) is 0 Å². The second kappa shape index (κ2) is 6.88.